The van der Waals surface area contributed by atoms with Crippen molar-refractivity contribution in [2.45, 2.75) is 19.3 Å². The first-order chi connectivity index (χ1) is 15.3. The zero-order valence-corrected chi connectivity index (χ0v) is 20.3. The third kappa shape index (κ3) is 13.1. The predicted octanol–water partition coefficient (Wildman–Crippen LogP) is 0.718. The summed E-state index contributed by atoms with van der Waals surface area (Å²) in [6, 6.07) is 0. The first-order valence-corrected chi connectivity index (χ1v) is 12.3. The molecule has 0 spiro atoms. The van der Waals surface area contributed by atoms with Gasteiger partial charge in [-0.1, -0.05) is 0 Å². The van der Waals surface area contributed by atoms with E-state index in [9.17, 15) is 0 Å². The van der Waals surface area contributed by atoms with E-state index in [0.717, 1.165) is 72.0 Å². The molecule has 2 rings (SSSR count). The van der Waals surface area contributed by atoms with Gasteiger partial charge in [-0.2, -0.15) is 0 Å². The van der Waals surface area contributed by atoms with Crippen molar-refractivity contribution < 1.29 is 18.9 Å². The van der Waals surface area contributed by atoms with E-state index < -0.39 is 0 Å². The molecule has 2 heterocycles. The maximum atomic E-state index is 5.94. The second-order valence-corrected chi connectivity index (χ2v) is 8.64. The van der Waals surface area contributed by atoms with Gasteiger partial charge in [-0.15, -0.1) is 0 Å². The lowest BCUT2D eigenvalue weighted by Crippen LogP contribution is -2.48. The van der Waals surface area contributed by atoms with Crippen LogP contribution in [0, 0.1) is 0 Å². The molecular weight excluding hydrogens is 396 g/mol. The Kier molecular flexibility index (Phi) is 15.8. The Balaban J connectivity index is 1.36. The largest absolute Gasteiger partial charge is 0.385 e. The highest BCUT2D eigenvalue weighted by Gasteiger charge is 2.17. The average Bonchev–Trinajstić information content (AvgIpc) is 2.80. The third-order valence-corrected chi connectivity index (χ3v) is 6.30. The van der Waals surface area contributed by atoms with Crippen LogP contribution in [0.5, 0.6) is 0 Å². The van der Waals surface area contributed by atoms with E-state index in [1.807, 2.05) is 0 Å². The monoisotopic (exact) mass is 444 g/mol. The van der Waals surface area contributed by atoms with Crippen molar-refractivity contribution in [3.63, 3.8) is 0 Å². The highest BCUT2D eigenvalue weighted by Crippen LogP contribution is 2.05. The van der Waals surface area contributed by atoms with Crippen LogP contribution in [0.25, 0.3) is 0 Å². The molecular formula is C23H48N4O4. The average molecular weight is 445 g/mol. The zero-order valence-electron chi connectivity index (χ0n) is 20.3. The van der Waals surface area contributed by atoms with Crippen LogP contribution in [0.15, 0.2) is 0 Å². The van der Waals surface area contributed by atoms with Gasteiger partial charge in [-0.3, -0.25) is 9.80 Å². The molecule has 0 atom stereocenters. The van der Waals surface area contributed by atoms with E-state index in [-0.39, 0.29) is 0 Å². The molecule has 8 heteroatoms. The van der Waals surface area contributed by atoms with E-state index >= 15 is 0 Å². The minimum absolute atomic E-state index is 0.693. The van der Waals surface area contributed by atoms with Crippen LogP contribution >= 0.6 is 0 Å². The van der Waals surface area contributed by atoms with Crippen molar-refractivity contribution in [2.75, 3.05) is 132 Å². The number of hydrogen-bond acceptors (Lipinski definition) is 8. The SMILES string of the molecule is COCCCN1CCN(CCOCCN2CCN(CCCCOCCOC)CC2)CC1. The summed E-state index contributed by atoms with van der Waals surface area (Å²) in [6.45, 7) is 18.7. The molecule has 0 bridgehead atoms. The van der Waals surface area contributed by atoms with E-state index in [1.165, 1.54) is 52.2 Å². The molecule has 31 heavy (non-hydrogen) atoms. The molecule has 0 aromatic carbocycles. The molecule has 2 saturated heterocycles. The second kappa shape index (κ2) is 18.1. The van der Waals surface area contributed by atoms with E-state index in [4.69, 9.17) is 18.9 Å². The van der Waals surface area contributed by atoms with Crippen molar-refractivity contribution in [3.05, 3.63) is 0 Å². The third-order valence-electron chi connectivity index (χ3n) is 6.30. The van der Waals surface area contributed by atoms with Crippen LogP contribution in [-0.4, -0.2) is 152 Å². The van der Waals surface area contributed by atoms with Gasteiger partial charge in [0, 0.05) is 99.4 Å². The first-order valence-electron chi connectivity index (χ1n) is 12.3. The summed E-state index contributed by atoms with van der Waals surface area (Å²) in [5.74, 6) is 0. The number of piperazine rings is 2. The van der Waals surface area contributed by atoms with Crippen molar-refractivity contribution in [1.82, 2.24) is 19.6 Å². The molecule has 0 unspecified atom stereocenters. The predicted molar refractivity (Wildman–Crippen MR) is 125 cm³/mol. The van der Waals surface area contributed by atoms with Gasteiger partial charge in [0.1, 0.15) is 0 Å². The molecule has 2 aliphatic rings. The number of nitrogens with zero attached hydrogens (tertiary/aromatic N) is 4. The summed E-state index contributed by atoms with van der Waals surface area (Å²) in [6.07, 6.45) is 3.50. The fourth-order valence-corrected chi connectivity index (χ4v) is 4.18. The smallest absolute Gasteiger partial charge is 0.0700 e. The Bertz CT molecular complexity index is 403. The molecule has 0 aromatic rings. The number of unbranched alkanes of at least 4 members (excludes halogenated alkanes) is 1. The molecule has 0 saturated carbocycles. The normalized spacial score (nSPS) is 19.9. The van der Waals surface area contributed by atoms with Gasteiger partial charge in [0.05, 0.1) is 26.4 Å². The number of rotatable bonds is 18. The number of hydrogen-bond donors (Lipinski definition) is 0. The first kappa shape index (κ1) is 26.9. The molecule has 0 aliphatic carbocycles. The van der Waals surface area contributed by atoms with Crippen molar-refractivity contribution in [2.24, 2.45) is 0 Å². The second-order valence-electron chi connectivity index (χ2n) is 8.64. The Labute approximate surface area is 190 Å². The van der Waals surface area contributed by atoms with Gasteiger partial charge in [0.2, 0.25) is 0 Å². The lowest BCUT2D eigenvalue weighted by Gasteiger charge is -2.35. The minimum atomic E-state index is 0.693. The molecule has 0 amide bonds. The van der Waals surface area contributed by atoms with Gasteiger partial charge in [0.25, 0.3) is 0 Å². The van der Waals surface area contributed by atoms with Gasteiger partial charge < -0.3 is 28.7 Å². The summed E-state index contributed by atoms with van der Waals surface area (Å²) >= 11 is 0. The van der Waals surface area contributed by atoms with Crippen molar-refractivity contribution in [3.8, 4) is 0 Å². The van der Waals surface area contributed by atoms with Gasteiger partial charge in [0.15, 0.2) is 0 Å². The molecule has 2 fully saturated rings. The lowest BCUT2D eigenvalue weighted by molar-refractivity contribution is 0.0501. The topological polar surface area (TPSA) is 49.9 Å². The zero-order chi connectivity index (χ0) is 22.0. The molecule has 0 N–H and O–H groups in total. The van der Waals surface area contributed by atoms with Gasteiger partial charge >= 0.3 is 0 Å². The minimum Gasteiger partial charge on any atom is -0.385 e. The standard InChI is InChI=1S/C23H48N4O4/c1-28-18-5-7-25-10-14-27(15-11-25)17-21-31-20-16-26-12-8-24(9-13-26)6-3-4-19-30-23-22-29-2/h3-23H2,1-2H3. The Morgan fingerprint density at radius 3 is 1.39 bits per heavy atom. The van der Waals surface area contributed by atoms with Gasteiger partial charge in [-0.05, 0) is 25.8 Å². The maximum absolute atomic E-state index is 5.94. The van der Waals surface area contributed by atoms with Crippen LogP contribution in [-0.2, 0) is 18.9 Å². The van der Waals surface area contributed by atoms with E-state index in [0.29, 0.717) is 13.2 Å². The fourth-order valence-electron chi connectivity index (χ4n) is 4.18. The number of ether oxygens (including phenoxy) is 4. The summed E-state index contributed by atoms with van der Waals surface area (Å²) in [7, 11) is 3.49. The Hall–Kier alpha value is -0.320. The Morgan fingerprint density at radius 1 is 0.419 bits per heavy atom. The summed E-state index contributed by atoms with van der Waals surface area (Å²) in [4.78, 5) is 10.2. The molecule has 2 aliphatic heterocycles. The van der Waals surface area contributed by atoms with Crippen LogP contribution < -0.4 is 0 Å². The lowest BCUT2D eigenvalue weighted by atomic mass is 10.2. The van der Waals surface area contributed by atoms with Gasteiger partial charge in [-0.25, -0.2) is 0 Å². The number of methoxy groups -OCH3 is 2. The van der Waals surface area contributed by atoms with Crippen LogP contribution in [0.1, 0.15) is 19.3 Å². The van der Waals surface area contributed by atoms with Crippen molar-refractivity contribution >= 4 is 0 Å². The summed E-state index contributed by atoms with van der Waals surface area (Å²) < 4.78 is 21.6. The molecule has 0 aromatic heterocycles. The fraction of sp³-hybridized carbons (Fsp3) is 1.00. The molecule has 184 valence electrons. The van der Waals surface area contributed by atoms with Crippen LogP contribution in [0.2, 0.25) is 0 Å². The van der Waals surface area contributed by atoms with E-state index in [2.05, 4.69) is 19.6 Å². The summed E-state index contributed by atoms with van der Waals surface area (Å²) in [5, 5.41) is 0. The maximum Gasteiger partial charge on any atom is 0.0700 e. The molecule has 8 nitrogen and oxygen atoms in total. The highest BCUT2D eigenvalue weighted by molar-refractivity contribution is 4.73. The van der Waals surface area contributed by atoms with E-state index in [1.54, 1.807) is 14.2 Å². The Morgan fingerprint density at radius 2 is 0.871 bits per heavy atom. The quantitative estimate of drug-likeness (QED) is 0.287. The molecule has 0 radical (unpaired) electrons. The summed E-state index contributed by atoms with van der Waals surface area (Å²) in [5.41, 5.74) is 0. The highest BCUT2D eigenvalue weighted by atomic mass is 16.5. The van der Waals surface area contributed by atoms with Crippen molar-refractivity contribution in [1.29, 1.82) is 0 Å². The van der Waals surface area contributed by atoms with Crippen LogP contribution in [0.4, 0.5) is 0 Å². The van der Waals surface area contributed by atoms with Crippen LogP contribution in [0.3, 0.4) is 0 Å².